The summed E-state index contributed by atoms with van der Waals surface area (Å²) in [4.78, 5) is 0. The molecule has 0 aromatic carbocycles. The predicted octanol–water partition coefficient (Wildman–Crippen LogP) is 3.26. The average Bonchev–Trinajstić information content (AvgIpc) is 1.81. The lowest BCUT2D eigenvalue weighted by atomic mass is 10.4. The highest BCUT2D eigenvalue weighted by molar-refractivity contribution is 6.77. The van der Waals surface area contributed by atoms with Gasteiger partial charge in [0.25, 0.3) is 0 Å². The van der Waals surface area contributed by atoms with Crippen LogP contribution in [0.1, 0.15) is 19.8 Å². The van der Waals surface area contributed by atoms with Crippen molar-refractivity contribution in [2.75, 3.05) is 0 Å². The minimum absolute atomic E-state index is 0.460. The predicted molar refractivity (Wildman–Crippen MR) is 55.8 cm³/mol. The summed E-state index contributed by atoms with van der Waals surface area (Å²) in [5.74, 6) is 0. The van der Waals surface area contributed by atoms with Gasteiger partial charge < -0.3 is 4.12 Å². The van der Waals surface area contributed by atoms with E-state index >= 15 is 0 Å². The first-order valence-electron chi connectivity index (χ1n) is 4.47. The van der Waals surface area contributed by atoms with E-state index < -0.39 is 17.4 Å². The van der Waals surface area contributed by atoms with E-state index in [2.05, 4.69) is 33.1 Å². The van der Waals surface area contributed by atoms with Crippen molar-refractivity contribution in [2.24, 2.45) is 0 Å². The second kappa shape index (κ2) is 5.11. The van der Waals surface area contributed by atoms with Gasteiger partial charge in [-0.3, -0.25) is 0 Å². The molecule has 0 heterocycles. The molecule has 0 aliphatic carbocycles. The molecule has 0 saturated carbocycles. The molecular weight excluding hydrogens is 168 g/mol. The van der Waals surface area contributed by atoms with Gasteiger partial charge in [0.15, 0.2) is 17.4 Å². The van der Waals surface area contributed by atoms with Crippen LogP contribution in [0.15, 0.2) is 0 Å². The molecule has 0 saturated heterocycles. The third-order valence-corrected chi connectivity index (χ3v) is 7.01. The summed E-state index contributed by atoms with van der Waals surface area (Å²) in [5, 5.41) is 0. The van der Waals surface area contributed by atoms with Gasteiger partial charge in [-0.2, -0.15) is 0 Å². The highest BCUT2D eigenvalue weighted by Gasteiger charge is 2.22. The summed E-state index contributed by atoms with van der Waals surface area (Å²) in [6.45, 7) is 11.4. The normalized spacial score (nSPS) is 12.5. The van der Waals surface area contributed by atoms with E-state index in [1.165, 1.54) is 18.9 Å². The molecule has 0 aliphatic rings. The molecule has 0 unspecified atom stereocenters. The SMILES string of the molecule is CCCC[Si](C)(C)O[Si](C)C. The first-order valence-corrected chi connectivity index (χ1v) is 9.99. The van der Waals surface area contributed by atoms with E-state index in [1.54, 1.807) is 0 Å². The molecule has 0 atom stereocenters. The van der Waals surface area contributed by atoms with Gasteiger partial charge >= 0.3 is 0 Å². The van der Waals surface area contributed by atoms with Gasteiger partial charge in [0.2, 0.25) is 0 Å². The molecule has 0 rings (SSSR count). The highest BCUT2D eigenvalue weighted by atomic mass is 28.4. The van der Waals surface area contributed by atoms with Gasteiger partial charge in [-0.1, -0.05) is 19.8 Å². The molecule has 67 valence electrons. The zero-order chi connectivity index (χ0) is 8.91. The van der Waals surface area contributed by atoms with Crippen LogP contribution in [0, 0.1) is 0 Å². The summed E-state index contributed by atoms with van der Waals surface area (Å²) >= 11 is 0. The monoisotopic (exact) mass is 189 g/mol. The Balaban J connectivity index is 3.61. The lowest BCUT2D eigenvalue weighted by molar-refractivity contribution is 0.565. The van der Waals surface area contributed by atoms with Gasteiger partial charge in [-0.15, -0.1) is 0 Å². The molecule has 1 radical (unpaired) electrons. The minimum atomic E-state index is -1.24. The molecule has 3 heteroatoms. The Hall–Kier alpha value is 0.394. The van der Waals surface area contributed by atoms with Gasteiger partial charge in [0.1, 0.15) is 0 Å². The Morgan fingerprint density at radius 3 is 2.18 bits per heavy atom. The van der Waals surface area contributed by atoms with E-state index in [4.69, 9.17) is 4.12 Å². The maximum Gasteiger partial charge on any atom is 0.191 e. The molecule has 0 spiro atoms. The summed E-state index contributed by atoms with van der Waals surface area (Å²) in [6.07, 6.45) is 2.64. The Labute approximate surface area is 74.0 Å². The number of hydrogen-bond acceptors (Lipinski definition) is 1. The molecule has 0 aromatic rings. The maximum atomic E-state index is 5.98. The van der Waals surface area contributed by atoms with Gasteiger partial charge in [0.05, 0.1) is 0 Å². The first-order chi connectivity index (χ1) is 4.98. The largest absolute Gasteiger partial charge is 0.456 e. The van der Waals surface area contributed by atoms with Crippen LogP contribution < -0.4 is 0 Å². The van der Waals surface area contributed by atoms with E-state index in [1.807, 2.05) is 0 Å². The van der Waals surface area contributed by atoms with Crippen molar-refractivity contribution >= 4 is 17.4 Å². The molecule has 0 bridgehead atoms. The summed E-state index contributed by atoms with van der Waals surface area (Å²) in [5.41, 5.74) is 0. The molecule has 1 nitrogen and oxygen atoms in total. The van der Waals surface area contributed by atoms with Crippen molar-refractivity contribution in [1.82, 2.24) is 0 Å². The Morgan fingerprint density at radius 2 is 1.82 bits per heavy atom. The second-order valence-electron chi connectivity index (χ2n) is 3.87. The highest BCUT2D eigenvalue weighted by Crippen LogP contribution is 2.15. The molecular formula is C8H21OSi2. The maximum absolute atomic E-state index is 5.98. The molecule has 0 N–H and O–H groups in total. The summed E-state index contributed by atoms with van der Waals surface area (Å²) < 4.78 is 5.98. The second-order valence-corrected chi connectivity index (χ2v) is 10.5. The zero-order valence-corrected chi connectivity index (χ0v) is 10.5. The zero-order valence-electron chi connectivity index (χ0n) is 8.53. The number of unbranched alkanes of at least 4 members (excludes halogenated alkanes) is 1. The minimum Gasteiger partial charge on any atom is -0.456 e. The third-order valence-electron chi connectivity index (χ3n) is 1.61. The van der Waals surface area contributed by atoms with Crippen LogP contribution in [-0.4, -0.2) is 17.4 Å². The summed E-state index contributed by atoms with van der Waals surface area (Å²) in [7, 11) is -1.70. The van der Waals surface area contributed by atoms with E-state index in [-0.39, 0.29) is 0 Å². The Morgan fingerprint density at radius 1 is 1.27 bits per heavy atom. The van der Waals surface area contributed by atoms with Crippen molar-refractivity contribution in [3.05, 3.63) is 0 Å². The average molecular weight is 189 g/mol. The molecule has 0 aliphatic heterocycles. The van der Waals surface area contributed by atoms with Gasteiger partial charge in [0, 0.05) is 0 Å². The summed E-state index contributed by atoms with van der Waals surface area (Å²) in [6, 6.07) is 1.33. The van der Waals surface area contributed by atoms with Crippen molar-refractivity contribution in [3.63, 3.8) is 0 Å². The van der Waals surface area contributed by atoms with Crippen molar-refractivity contribution < 1.29 is 4.12 Å². The van der Waals surface area contributed by atoms with Crippen LogP contribution in [0.3, 0.4) is 0 Å². The Kier molecular flexibility index (Phi) is 5.30. The van der Waals surface area contributed by atoms with Crippen molar-refractivity contribution in [2.45, 2.75) is 52.0 Å². The van der Waals surface area contributed by atoms with Crippen LogP contribution in [0.5, 0.6) is 0 Å². The fourth-order valence-corrected chi connectivity index (χ4v) is 7.24. The lowest BCUT2D eigenvalue weighted by Gasteiger charge is -2.24. The van der Waals surface area contributed by atoms with Gasteiger partial charge in [-0.25, -0.2) is 0 Å². The molecule has 0 amide bonds. The molecule has 11 heavy (non-hydrogen) atoms. The van der Waals surface area contributed by atoms with E-state index in [0.29, 0.717) is 0 Å². The topological polar surface area (TPSA) is 9.23 Å². The quantitative estimate of drug-likeness (QED) is 0.603. The fourth-order valence-electron chi connectivity index (χ4n) is 1.21. The number of rotatable bonds is 5. The van der Waals surface area contributed by atoms with Crippen LogP contribution in [0.4, 0.5) is 0 Å². The Bertz CT molecular complexity index is 102. The molecule has 0 fully saturated rings. The van der Waals surface area contributed by atoms with Crippen molar-refractivity contribution in [3.8, 4) is 0 Å². The smallest absolute Gasteiger partial charge is 0.191 e. The van der Waals surface area contributed by atoms with E-state index in [0.717, 1.165) is 0 Å². The molecule has 0 aromatic heterocycles. The fraction of sp³-hybridized carbons (Fsp3) is 1.00. The van der Waals surface area contributed by atoms with Crippen molar-refractivity contribution in [1.29, 1.82) is 0 Å². The standard InChI is InChI=1S/C8H21OSi2/c1-6-7-8-11(4,5)9-10(2)3/h6-8H2,1-5H3. The first kappa shape index (κ1) is 11.4. The third kappa shape index (κ3) is 6.78. The number of hydrogen-bond donors (Lipinski definition) is 0. The van der Waals surface area contributed by atoms with Crippen LogP contribution in [0.25, 0.3) is 0 Å². The van der Waals surface area contributed by atoms with Crippen LogP contribution in [0.2, 0.25) is 32.2 Å². The van der Waals surface area contributed by atoms with Gasteiger partial charge in [-0.05, 0) is 32.2 Å². The van der Waals surface area contributed by atoms with Crippen LogP contribution >= 0.6 is 0 Å². The van der Waals surface area contributed by atoms with E-state index in [9.17, 15) is 0 Å². The lowest BCUT2D eigenvalue weighted by Crippen LogP contribution is -2.34. The van der Waals surface area contributed by atoms with Crippen LogP contribution in [-0.2, 0) is 4.12 Å².